The summed E-state index contributed by atoms with van der Waals surface area (Å²) in [4.78, 5) is 4.07. The SMILES string of the molecule is Cc1cc(Nc2ccccc2F)ncc1N. The Labute approximate surface area is 93.1 Å². The first-order valence-electron chi connectivity index (χ1n) is 4.90. The lowest BCUT2D eigenvalue weighted by Gasteiger charge is -2.08. The smallest absolute Gasteiger partial charge is 0.146 e. The van der Waals surface area contributed by atoms with E-state index in [0.717, 1.165) is 5.56 Å². The molecule has 4 heteroatoms. The number of para-hydroxylation sites is 1. The predicted octanol–water partition coefficient (Wildman–Crippen LogP) is 2.85. The Morgan fingerprint density at radius 2 is 2.06 bits per heavy atom. The van der Waals surface area contributed by atoms with Crippen LogP contribution in [0.2, 0.25) is 0 Å². The Bertz CT molecular complexity index is 511. The Hall–Kier alpha value is -2.10. The van der Waals surface area contributed by atoms with Crippen LogP contribution in [0.5, 0.6) is 0 Å². The number of rotatable bonds is 2. The number of nitrogens with zero attached hydrogens (tertiary/aromatic N) is 1. The van der Waals surface area contributed by atoms with E-state index in [1.165, 1.54) is 6.07 Å². The number of nitrogens with one attached hydrogen (secondary N) is 1. The maximum Gasteiger partial charge on any atom is 0.146 e. The second-order valence-electron chi connectivity index (χ2n) is 3.53. The molecule has 0 aliphatic heterocycles. The summed E-state index contributed by atoms with van der Waals surface area (Å²) in [5, 5.41) is 2.90. The Morgan fingerprint density at radius 3 is 2.75 bits per heavy atom. The largest absolute Gasteiger partial charge is 0.397 e. The number of aryl methyl sites for hydroxylation is 1. The lowest BCUT2D eigenvalue weighted by molar-refractivity contribution is 0.632. The molecule has 2 aromatic rings. The first kappa shape index (κ1) is 10.4. The normalized spacial score (nSPS) is 10.1. The minimum Gasteiger partial charge on any atom is -0.397 e. The molecule has 3 nitrogen and oxygen atoms in total. The minimum absolute atomic E-state index is 0.307. The van der Waals surface area contributed by atoms with E-state index in [2.05, 4.69) is 10.3 Å². The summed E-state index contributed by atoms with van der Waals surface area (Å²) in [6.45, 7) is 1.88. The van der Waals surface area contributed by atoms with Crippen molar-refractivity contribution in [1.29, 1.82) is 0 Å². The van der Waals surface area contributed by atoms with E-state index >= 15 is 0 Å². The molecule has 0 atom stereocenters. The van der Waals surface area contributed by atoms with Gasteiger partial charge >= 0.3 is 0 Å². The molecule has 1 aromatic heterocycles. The summed E-state index contributed by atoms with van der Waals surface area (Å²) in [6, 6.07) is 8.23. The van der Waals surface area contributed by atoms with E-state index in [-0.39, 0.29) is 5.82 Å². The quantitative estimate of drug-likeness (QED) is 0.813. The third-order valence-corrected chi connectivity index (χ3v) is 2.29. The summed E-state index contributed by atoms with van der Waals surface area (Å²) in [7, 11) is 0. The Morgan fingerprint density at radius 1 is 1.31 bits per heavy atom. The first-order valence-corrected chi connectivity index (χ1v) is 4.90. The fourth-order valence-electron chi connectivity index (χ4n) is 1.34. The number of halogens is 1. The van der Waals surface area contributed by atoms with Crippen LogP contribution in [-0.4, -0.2) is 4.98 Å². The van der Waals surface area contributed by atoms with Gasteiger partial charge in [-0.3, -0.25) is 0 Å². The molecule has 2 rings (SSSR count). The molecule has 0 unspecified atom stereocenters. The predicted molar refractivity (Wildman–Crippen MR) is 63.1 cm³/mol. The van der Waals surface area contributed by atoms with Gasteiger partial charge < -0.3 is 11.1 Å². The number of nitrogen functional groups attached to an aromatic ring is 1. The summed E-state index contributed by atoms with van der Waals surface area (Å²) in [6.07, 6.45) is 1.55. The molecule has 0 radical (unpaired) electrons. The molecule has 1 aromatic carbocycles. The van der Waals surface area contributed by atoms with E-state index in [0.29, 0.717) is 17.2 Å². The number of hydrogen-bond acceptors (Lipinski definition) is 3. The van der Waals surface area contributed by atoms with Gasteiger partial charge in [0, 0.05) is 0 Å². The van der Waals surface area contributed by atoms with Gasteiger partial charge in [0.25, 0.3) is 0 Å². The Kier molecular flexibility index (Phi) is 2.72. The van der Waals surface area contributed by atoms with Gasteiger partial charge in [0.1, 0.15) is 11.6 Å². The molecule has 0 bridgehead atoms. The Balaban J connectivity index is 2.28. The number of nitrogens with two attached hydrogens (primary N) is 1. The zero-order valence-electron chi connectivity index (χ0n) is 8.87. The molecule has 1 heterocycles. The van der Waals surface area contributed by atoms with Crippen molar-refractivity contribution in [1.82, 2.24) is 4.98 Å². The van der Waals surface area contributed by atoms with Crippen LogP contribution in [0, 0.1) is 12.7 Å². The third-order valence-electron chi connectivity index (χ3n) is 2.29. The molecule has 0 saturated heterocycles. The van der Waals surface area contributed by atoms with E-state index < -0.39 is 0 Å². The second-order valence-corrected chi connectivity index (χ2v) is 3.53. The van der Waals surface area contributed by atoms with Gasteiger partial charge in [-0.15, -0.1) is 0 Å². The first-order chi connectivity index (χ1) is 7.66. The highest BCUT2D eigenvalue weighted by atomic mass is 19.1. The lowest BCUT2D eigenvalue weighted by Crippen LogP contribution is -1.98. The van der Waals surface area contributed by atoms with Crippen molar-refractivity contribution < 1.29 is 4.39 Å². The molecule has 3 N–H and O–H groups in total. The number of pyridine rings is 1. The van der Waals surface area contributed by atoms with Gasteiger partial charge in [0.15, 0.2) is 0 Å². The fourth-order valence-corrected chi connectivity index (χ4v) is 1.34. The van der Waals surface area contributed by atoms with Gasteiger partial charge in [-0.2, -0.15) is 0 Å². The zero-order valence-corrected chi connectivity index (χ0v) is 8.87. The van der Waals surface area contributed by atoms with Crippen molar-refractivity contribution in [3.63, 3.8) is 0 Å². The van der Waals surface area contributed by atoms with Crippen LogP contribution in [0.15, 0.2) is 36.5 Å². The van der Waals surface area contributed by atoms with Crippen molar-refractivity contribution in [2.45, 2.75) is 6.92 Å². The van der Waals surface area contributed by atoms with E-state index in [4.69, 9.17) is 5.73 Å². The van der Waals surface area contributed by atoms with Gasteiger partial charge in [-0.1, -0.05) is 12.1 Å². The average molecular weight is 217 g/mol. The molecule has 0 spiro atoms. The highest BCUT2D eigenvalue weighted by molar-refractivity contribution is 5.60. The van der Waals surface area contributed by atoms with Crippen molar-refractivity contribution in [2.75, 3.05) is 11.1 Å². The molecule has 0 saturated carbocycles. The molecular formula is C12H12FN3. The van der Waals surface area contributed by atoms with Crippen LogP contribution in [-0.2, 0) is 0 Å². The van der Waals surface area contributed by atoms with Crippen LogP contribution in [0.1, 0.15) is 5.56 Å². The van der Waals surface area contributed by atoms with E-state index in [1.54, 1.807) is 30.5 Å². The molecular weight excluding hydrogens is 205 g/mol. The maximum atomic E-state index is 13.3. The van der Waals surface area contributed by atoms with Crippen LogP contribution in [0.25, 0.3) is 0 Å². The molecule has 16 heavy (non-hydrogen) atoms. The van der Waals surface area contributed by atoms with E-state index in [1.807, 2.05) is 6.92 Å². The standard InChI is InChI=1S/C12H12FN3/c1-8-6-12(15-7-10(8)14)16-11-5-3-2-4-9(11)13/h2-7H,14H2,1H3,(H,15,16). The van der Waals surface area contributed by atoms with Crippen LogP contribution in [0.3, 0.4) is 0 Å². The van der Waals surface area contributed by atoms with Gasteiger partial charge in [-0.25, -0.2) is 9.37 Å². The molecule has 0 aliphatic rings. The molecule has 0 fully saturated rings. The number of hydrogen-bond donors (Lipinski definition) is 2. The van der Waals surface area contributed by atoms with Crippen LogP contribution >= 0.6 is 0 Å². The molecule has 82 valence electrons. The van der Waals surface area contributed by atoms with Crippen molar-refractivity contribution >= 4 is 17.2 Å². The lowest BCUT2D eigenvalue weighted by atomic mass is 10.2. The van der Waals surface area contributed by atoms with Crippen molar-refractivity contribution in [3.8, 4) is 0 Å². The summed E-state index contributed by atoms with van der Waals surface area (Å²) < 4.78 is 13.3. The van der Waals surface area contributed by atoms with Gasteiger partial charge in [0.2, 0.25) is 0 Å². The number of anilines is 3. The van der Waals surface area contributed by atoms with Crippen molar-refractivity contribution in [2.24, 2.45) is 0 Å². The van der Waals surface area contributed by atoms with E-state index in [9.17, 15) is 4.39 Å². The topological polar surface area (TPSA) is 50.9 Å². The summed E-state index contributed by atoms with van der Waals surface area (Å²) >= 11 is 0. The van der Waals surface area contributed by atoms with Gasteiger partial charge in [0.05, 0.1) is 17.6 Å². The fraction of sp³-hybridized carbons (Fsp3) is 0.0833. The van der Waals surface area contributed by atoms with Crippen LogP contribution < -0.4 is 11.1 Å². The summed E-state index contributed by atoms with van der Waals surface area (Å²) in [5.74, 6) is 0.274. The third kappa shape index (κ3) is 2.11. The second kappa shape index (κ2) is 4.18. The highest BCUT2D eigenvalue weighted by Crippen LogP contribution is 2.20. The minimum atomic E-state index is -0.307. The molecule has 0 amide bonds. The maximum absolute atomic E-state index is 13.3. The highest BCUT2D eigenvalue weighted by Gasteiger charge is 2.02. The average Bonchev–Trinajstić information content (AvgIpc) is 2.27. The number of benzene rings is 1. The summed E-state index contributed by atoms with van der Waals surface area (Å²) in [5.41, 5.74) is 7.58. The zero-order chi connectivity index (χ0) is 11.5. The molecule has 0 aliphatic carbocycles. The van der Waals surface area contributed by atoms with Crippen LogP contribution in [0.4, 0.5) is 21.6 Å². The number of aromatic nitrogens is 1. The monoisotopic (exact) mass is 217 g/mol. The van der Waals surface area contributed by atoms with Gasteiger partial charge in [-0.05, 0) is 30.7 Å². The van der Waals surface area contributed by atoms with Crippen molar-refractivity contribution in [3.05, 3.63) is 47.9 Å².